The van der Waals surface area contributed by atoms with Crippen LogP contribution in [-0.4, -0.2) is 18.4 Å². The minimum Gasteiger partial charge on any atom is -0.0623 e. The second-order valence-corrected chi connectivity index (χ2v) is 25.9. The molecule has 0 atom stereocenters. The van der Waals surface area contributed by atoms with Gasteiger partial charge in [0.15, 0.2) is 0 Å². The van der Waals surface area contributed by atoms with Gasteiger partial charge in [0.05, 0.1) is 0 Å². The van der Waals surface area contributed by atoms with Gasteiger partial charge in [-0.2, -0.15) is 0 Å². The minimum atomic E-state index is -1.79. The molecule has 0 nitrogen and oxygen atoms in total. The molecule has 0 unspecified atom stereocenters. The summed E-state index contributed by atoms with van der Waals surface area (Å²) in [6.07, 6.45) is 18.7. The first-order chi connectivity index (χ1) is 14.0. The Kier molecular flexibility index (Phi) is 16.1. The van der Waals surface area contributed by atoms with Gasteiger partial charge < -0.3 is 0 Å². The first kappa shape index (κ1) is 26.8. The van der Waals surface area contributed by atoms with Crippen molar-refractivity contribution in [3.05, 3.63) is 53.4 Å². The van der Waals surface area contributed by atoms with Gasteiger partial charge in [-0.05, 0) is 0 Å². The third-order valence-corrected chi connectivity index (χ3v) is 16.0. The molecule has 0 spiro atoms. The van der Waals surface area contributed by atoms with E-state index in [9.17, 15) is 0 Å². The van der Waals surface area contributed by atoms with E-state index in [0.717, 1.165) is 0 Å². The third kappa shape index (κ3) is 15.2. The average Bonchev–Trinajstić information content (AvgIpc) is 3.20. The van der Waals surface area contributed by atoms with Gasteiger partial charge in [-0.3, -0.25) is 0 Å². The van der Waals surface area contributed by atoms with E-state index in [0.29, 0.717) is 0 Å². The van der Waals surface area contributed by atoms with Crippen molar-refractivity contribution in [2.45, 2.75) is 105 Å². The van der Waals surface area contributed by atoms with Crippen LogP contribution in [0.2, 0.25) is 14.8 Å². The molecule has 0 N–H and O–H groups in total. The molecular formula is C27H46SSn. The van der Waals surface area contributed by atoms with E-state index in [-0.39, 0.29) is 0 Å². The number of unbranched alkanes of at least 4 members (excludes halogenated alkanes) is 11. The smallest absolute Gasteiger partial charge is 0.0623 e. The summed E-state index contributed by atoms with van der Waals surface area (Å²) in [6, 6.07) is 16.8. The van der Waals surface area contributed by atoms with Crippen LogP contribution in [0.1, 0.15) is 88.9 Å². The number of hydrogen-bond donors (Lipinski definition) is 0. The molecule has 2 rings (SSSR count). The van der Waals surface area contributed by atoms with E-state index >= 15 is 0 Å². The minimum absolute atomic E-state index is 1.32. The Labute approximate surface area is 190 Å². The predicted molar refractivity (Wildman–Crippen MR) is 139 cm³/mol. The fraction of sp³-hybridized carbons (Fsp3) is 0.630. The van der Waals surface area contributed by atoms with Crippen molar-refractivity contribution >= 4 is 32.6 Å². The van der Waals surface area contributed by atoms with Gasteiger partial charge in [-0.25, -0.2) is 0 Å². The molecule has 0 aliphatic rings. The van der Waals surface area contributed by atoms with Crippen molar-refractivity contribution in [2.75, 3.05) is 0 Å². The molecule has 1 heterocycles. The maximum Gasteiger partial charge on any atom is -0.0623 e. The van der Waals surface area contributed by atoms with Gasteiger partial charge in [-0.15, -0.1) is 0 Å². The van der Waals surface area contributed by atoms with E-state index in [1.54, 1.807) is 7.77 Å². The molecule has 0 fully saturated rings. The van der Waals surface area contributed by atoms with Gasteiger partial charge in [0.25, 0.3) is 0 Å². The van der Waals surface area contributed by atoms with E-state index in [1.807, 2.05) is 36.4 Å². The molecule has 0 radical (unpaired) electrons. The van der Waals surface area contributed by atoms with Crippen LogP contribution in [0, 0.1) is 0 Å². The molecule has 1 aromatic carbocycles. The van der Waals surface area contributed by atoms with Crippen LogP contribution in [0.5, 0.6) is 0 Å². The van der Waals surface area contributed by atoms with Crippen LogP contribution >= 0.6 is 11.3 Å². The first-order valence-corrected chi connectivity index (χ1v) is 22.9. The number of benzene rings is 1. The molecule has 0 saturated carbocycles. The monoisotopic (exact) mass is 522 g/mol. The topological polar surface area (TPSA) is 0 Å². The van der Waals surface area contributed by atoms with Crippen LogP contribution in [0.25, 0.3) is 0 Å². The fourth-order valence-electron chi connectivity index (χ4n) is 3.44. The Morgan fingerprint density at radius 3 is 1.38 bits per heavy atom. The van der Waals surface area contributed by atoms with Crippen molar-refractivity contribution < 1.29 is 0 Å². The van der Waals surface area contributed by atoms with Crippen molar-refractivity contribution in [1.29, 1.82) is 0 Å². The van der Waals surface area contributed by atoms with Crippen LogP contribution in [-0.2, 0) is 6.42 Å². The summed E-state index contributed by atoms with van der Waals surface area (Å²) in [5.41, 5.74) is 0. The van der Waals surface area contributed by atoms with Gasteiger partial charge >= 0.3 is 122 Å². The zero-order valence-corrected chi connectivity index (χ0v) is 23.4. The molecular weight excluding hydrogens is 475 g/mol. The van der Waals surface area contributed by atoms with Crippen molar-refractivity contribution in [2.24, 2.45) is 0 Å². The van der Waals surface area contributed by atoms with Gasteiger partial charge in [0.1, 0.15) is 0 Å². The summed E-state index contributed by atoms with van der Waals surface area (Å²) in [6.45, 7) is 2.30. The molecule has 164 valence electrons. The second kappa shape index (κ2) is 17.4. The molecule has 2 aromatic rings. The number of rotatable bonds is 14. The number of hydrogen-bond acceptors (Lipinski definition) is 1. The Bertz CT molecular complexity index is 555. The zero-order chi connectivity index (χ0) is 21.2. The molecule has 29 heavy (non-hydrogen) atoms. The van der Waals surface area contributed by atoms with Crippen molar-refractivity contribution in [3.63, 3.8) is 0 Å². The molecule has 0 amide bonds. The van der Waals surface area contributed by atoms with Crippen LogP contribution in [0.15, 0.2) is 48.5 Å². The second-order valence-electron chi connectivity index (χ2n) is 9.31. The molecule has 0 aliphatic heterocycles. The van der Waals surface area contributed by atoms with E-state index in [1.165, 1.54) is 83.5 Å². The summed E-state index contributed by atoms with van der Waals surface area (Å²) in [5, 5.41) is 0. The summed E-state index contributed by atoms with van der Waals surface area (Å²) < 4.78 is 1.74. The summed E-state index contributed by atoms with van der Waals surface area (Å²) >= 11 is 0.323. The zero-order valence-electron chi connectivity index (χ0n) is 19.7. The van der Waals surface area contributed by atoms with Crippen LogP contribution in [0.4, 0.5) is 0 Å². The number of thiophene rings is 1. The Hall–Kier alpha value is -0.281. The van der Waals surface area contributed by atoms with Crippen molar-refractivity contribution in [3.8, 4) is 0 Å². The van der Waals surface area contributed by atoms with Crippen molar-refractivity contribution in [1.82, 2.24) is 0 Å². The van der Waals surface area contributed by atoms with E-state index < -0.39 is 18.4 Å². The summed E-state index contributed by atoms with van der Waals surface area (Å²) in [4.78, 5) is 9.20. The Morgan fingerprint density at radius 2 is 1.00 bits per heavy atom. The third-order valence-electron chi connectivity index (χ3n) is 5.34. The first-order valence-electron chi connectivity index (χ1n) is 12.1. The quantitative estimate of drug-likeness (QED) is 0.172. The summed E-state index contributed by atoms with van der Waals surface area (Å²) in [7, 11) is 0. The maximum atomic E-state index is 2.52. The number of aryl methyl sites for hydroxylation is 1. The molecule has 2 heteroatoms. The molecule has 0 saturated heterocycles. The molecule has 1 aromatic heterocycles. The normalized spacial score (nSPS) is 11.2. The largest absolute Gasteiger partial charge is 0.0623 e. The maximum absolute atomic E-state index is 2.52. The van der Waals surface area contributed by atoms with E-state index in [4.69, 9.17) is 0 Å². The standard InChI is InChI=1S/C18H31S.C6H6.3CH3.Sn/c1-2-3-4-5-6-7-8-9-10-11-12-13-15-18-16-14-17-19-18;1-2-4-6-5-3-1;;;;/h14,16H,2-13,15H2,1H3;1-6H;3*1H3;. The van der Waals surface area contributed by atoms with Gasteiger partial charge in [-0.1, -0.05) is 69.0 Å². The van der Waals surface area contributed by atoms with Crippen LogP contribution < -0.4 is 2.89 Å². The SMILES string of the molecule is CCCCCCCCCCCCCCc1cc[c]([Sn]([CH3])([CH3])[CH3])s1.c1ccccc1. The van der Waals surface area contributed by atoms with Gasteiger partial charge in [0, 0.05) is 0 Å². The Morgan fingerprint density at radius 1 is 0.586 bits per heavy atom. The molecule has 0 aliphatic carbocycles. The fourth-order valence-corrected chi connectivity index (χ4v) is 9.96. The van der Waals surface area contributed by atoms with E-state index in [2.05, 4.69) is 45.2 Å². The average molecular weight is 521 g/mol. The summed E-state index contributed by atoms with van der Waals surface area (Å²) in [5.74, 6) is 0. The van der Waals surface area contributed by atoms with Gasteiger partial charge in [0.2, 0.25) is 0 Å². The molecule has 0 bridgehead atoms. The predicted octanol–water partition coefficient (Wildman–Crippen LogP) is 9.22. The Balaban J connectivity index is 0.000000594. The van der Waals surface area contributed by atoms with Crippen LogP contribution in [0.3, 0.4) is 0 Å².